The van der Waals surface area contributed by atoms with Crippen molar-refractivity contribution in [3.63, 3.8) is 0 Å². The largest absolute Gasteiger partial charge is 0.497 e. The molecule has 3 rings (SSSR count). The van der Waals surface area contributed by atoms with Gasteiger partial charge in [-0.15, -0.1) is 0 Å². The lowest BCUT2D eigenvalue weighted by Gasteiger charge is -2.28. The summed E-state index contributed by atoms with van der Waals surface area (Å²) in [4.78, 5) is 14.2. The summed E-state index contributed by atoms with van der Waals surface area (Å²) < 4.78 is 10.7. The van der Waals surface area contributed by atoms with Crippen LogP contribution in [0.25, 0.3) is 5.70 Å². The predicted octanol–water partition coefficient (Wildman–Crippen LogP) is 4.33. The number of methoxy groups -OCH3 is 1. The van der Waals surface area contributed by atoms with Crippen molar-refractivity contribution in [2.75, 3.05) is 13.7 Å². The molecule has 2 aromatic rings. The van der Waals surface area contributed by atoms with Gasteiger partial charge in [-0.3, -0.25) is 4.90 Å². The third kappa shape index (κ3) is 3.54. The summed E-state index contributed by atoms with van der Waals surface area (Å²) in [5, 5.41) is 0. The fraction of sp³-hybridized carbons (Fsp3) is 0.211. The van der Waals surface area contributed by atoms with Crippen molar-refractivity contribution in [3.05, 3.63) is 66.2 Å². The number of rotatable bonds is 3. The van der Waals surface area contributed by atoms with Gasteiger partial charge >= 0.3 is 6.09 Å². The summed E-state index contributed by atoms with van der Waals surface area (Å²) in [7, 11) is 1.64. The van der Waals surface area contributed by atoms with Crippen molar-refractivity contribution in [2.24, 2.45) is 0 Å². The van der Waals surface area contributed by atoms with Gasteiger partial charge in [0.25, 0.3) is 0 Å². The second-order valence-corrected chi connectivity index (χ2v) is 5.29. The highest BCUT2D eigenvalue weighted by atomic mass is 16.6. The molecule has 23 heavy (non-hydrogen) atoms. The molecule has 0 atom stereocenters. The zero-order valence-electron chi connectivity index (χ0n) is 13.1. The van der Waals surface area contributed by atoms with E-state index in [1.165, 1.54) is 0 Å². The first-order valence-electron chi connectivity index (χ1n) is 7.67. The predicted molar refractivity (Wildman–Crippen MR) is 89.4 cm³/mol. The maximum Gasteiger partial charge on any atom is 0.419 e. The van der Waals surface area contributed by atoms with Gasteiger partial charge in [0.2, 0.25) is 0 Å². The van der Waals surface area contributed by atoms with Crippen LogP contribution < -0.4 is 9.47 Å². The van der Waals surface area contributed by atoms with Crippen molar-refractivity contribution in [1.29, 1.82) is 0 Å². The van der Waals surface area contributed by atoms with Gasteiger partial charge in [-0.05, 0) is 54.8 Å². The van der Waals surface area contributed by atoms with E-state index in [-0.39, 0.29) is 6.09 Å². The molecule has 0 N–H and O–H groups in total. The summed E-state index contributed by atoms with van der Waals surface area (Å²) in [6.45, 7) is 0.656. The van der Waals surface area contributed by atoms with Crippen LogP contribution in [-0.2, 0) is 0 Å². The highest BCUT2D eigenvalue weighted by Gasteiger charge is 2.23. The molecule has 0 bridgehead atoms. The average Bonchev–Trinajstić information content (AvgIpc) is 2.62. The molecule has 2 aromatic carbocycles. The lowest BCUT2D eigenvalue weighted by Crippen LogP contribution is -2.34. The third-order valence-corrected chi connectivity index (χ3v) is 3.77. The maximum atomic E-state index is 12.5. The summed E-state index contributed by atoms with van der Waals surface area (Å²) >= 11 is 0. The Labute approximate surface area is 135 Å². The summed E-state index contributed by atoms with van der Waals surface area (Å²) in [6.07, 6.45) is 3.62. The second-order valence-electron chi connectivity index (χ2n) is 5.29. The fourth-order valence-electron chi connectivity index (χ4n) is 2.59. The SMILES string of the molecule is COc1ccc(C2=CCCCN2C(=O)Oc2ccccc2)cc1. The Morgan fingerprint density at radius 1 is 1.00 bits per heavy atom. The number of carbonyl (C=O) groups excluding carboxylic acids is 1. The van der Waals surface area contributed by atoms with Crippen LogP contribution >= 0.6 is 0 Å². The summed E-state index contributed by atoms with van der Waals surface area (Å²) in [5.41, 5.74) is 1.87. The normalized spacial score (nSPS) is 14.1. The molecule has 0 radical (unpaired) electrons. The van der Waals surface area contributed by atoms with E-state index in [2.05, 4.69) is 6.08 Å². The molecule has 0 saturated heterocycles. The molecular formula is C19H19NO3. The minimum atomic E-state index is -0.349. The van der Waals surface area contributed by atoms with E-state index in [1.54, 1.807) is 24.1 Å². The molecule has 0 fully saturated rings. The Hall–Kier alpha value is -2.75. The summed E-state index contributed by atoms with van der Waals surface area (Å²) in [5.74, 6) is 1.35. The van der Waals surface area contributed by atoms with Crippen LogP contribution in [0.3, 0.4) is 0 Å². The van der Waals surface area contributed by atoms with Crippen LogP contribution in [0.4, 0.5) is 4.79 Å². The zero-order valence-corrected chi connectivity index (χ0v) is 13.1. The third-order valence-electron chi connectivity index (χ3n) is 3.77. The molecule has 4 heteroatoms. The first kappa shape index (κ1) is 15.2. The number of allylic oxidation sites excluding steroid dienone is 1. The number of ether oxygens (including phenoxy) is 2. The molecule has 1 heterocycles. The standard InChI is InChI=1S/C19H19NO3/c1-22-16-12-10-15(11-13-16)18-9-5-6-14-20(18)19(21)23-17-7-3-2-4-8-17/h2-4,7-13H,5-6,14H2,1H3. The van der Waals surface area contributed by atoms with Crippen LogP contribution in [-0.4, -0.2) is 24.6 Å². The van der Waals surface area contributed by atoms with Gasteiger partial charge in [0.05, 0.1) is 12.8 Å². The Morgan fingerprint density at radius 3 is 2.43 bits per heavy atom. The molecular weight excluding hydrogens is 290 g/mol. The molecule has 0 aromatic heterocycles. The minimum Gasteiger partial charge on any atom is -0.497 e. The van der Waals surface area contributed by atoms with Crippen LogP contribution in [0.1, 0.15) is 18.4 Å². The van der Waals surface area contributed by atoms with E-state index in [0.717, 1.165) is 29.9 Å². The van der Waals surface area contributed by atoms with Crippen molar-refractivity contribution in [3.8, 4) is 11.5 Å². The first-order valence-corrected chi connectivity index (χ1v) is 7.67. The van der Waals surface area contributed by atoms with Gasteiger partial charge in [-0.2, -0.15) is 0 Å². The Morgan fingerprint density at radius 2 is 1.74 bits per heavy atom. The van der Waals surface area contributed by atoms with Crippen molar-refractivity contribution >= 4 is 11.8 Å². The fourth-order valence-corrected chi connectivity index (χ4v) is 2.59. The van der Waals surface area contributed by atoms with Crippen LogP contribution in [0.15, 0.2) is 60.7 Å². The number of benzene rings is 2. The van der Waals surface area contributed by atoms with Gasteiger partial charge in [-0.25, -0.2) is 4.79 Å². The minimum absolute atomic E-state index is 0.349. The number of hydrogen-bond donors (Lipinski definition) is 0. The maximum absolute atomic E-state index is 12.5. The van der Waals surface area contributed by atoms with E-state index < -0.39 is 0 Å². The van der Waals surface area contributed by atoms with E-state index in [4.69, 9.17) is 9.47 Å². The molecule has 1 amide bonds. The van der Waals surface area contributed by atoms with Crippen LogP contribution in [0.2, 0.25) is 0 Å². The Bertz CT molecular complexity index is 692. The second kappa shape index (κ2) is 7.01. The quantitative estimate of drug-likeness (QED) is 0.847. The molecule has 118 valence electrons. The topological polar surface area (TPSA) is 38.8 Å². The van der Waals surface area contributed by atoms with E-state index in [1.807, 2.05) is 42.5 Å². The number of carbonyl (C=O) groups is 1. The highest BCUT2D eigenvalue weighted by Crippen LogP contribution is 2.27. The molecule has 0 spiro atoms. The van der Waals surface area contributed by atoms with E-state index in [0.29, 0.717) is 12.3 Å². The number of para-hydroxylation sites is 1. The van der Waals surface area contributed by atoms with Crippen LogP contribution in [0, 0.1) is 0 Å². The Kier molecular flexibility index (Phi) is 4.62. The van der Waals surface area contributed by atoms with E-state index >= 15 is 0 Å². The summed E-state index contributed by atoms with van der Waals surface area (Å²) in [6, 6.07) is 16.8. The van der Waals surface area contributed by atoms with Gasteiger partial charge < -0.3 is 9.47 Å². The van der Waals surface area contributed by atoms with Crippen molar-refractivity contribution in [1.82, 2.24) is 4.90 Å². The van der Waals surface area contributed by atoms with Gasteiger partial charge in [0.1, 0.15) is 11.5 Å². The Balaban J connectivity index is 1.80. The molecule has 0 aliphatic carbocycles. The highest BCUT2D eigenvalue weighted by molar-refractivity contribution is 5.84. The van der Waals surface area contributed by atoms with Crippen molar-refractivity contribution < 1.29 is 14.3 Å². The van der Waals surface area contributed by atoms with Gasteiger partial charge in [0, 0.05) is 6.54 Å². The van der Waals surface area contributed by atoms with Crippen molar-refractivity contribution in [2.45, 2.75) is 12.8 Å². The molecule has 0 unspecified atom stereocenters. The molecule has 1 aliphatic heterocycles. The monoisotopic (exact) mass is 309 g/mol. The molecule has 1 aliphatic rings. The number of amides is 1. The first-order chi connectivity index (χ1) is 11.3. The van der Waals surface area contributed by atoms with Gasteiger partial charge in [-0.1, -0.05) is 24.3 Å². The van der Waals surface area contributed by atoms with Crippen LogP contribution in [0.5, 0.6) is 11.5 Å². The smallest absolute Gasteiger partial charge is 0.419 e. The number of hydrogen-bond acceptors (Lipinski definition) is 3. The lowest BCUT2D eigenvalue weighted by molar-refractivity contribution is 0.171. The van der Waals surface area contributed by atoms with E-state index in [9.17, 15) is 4.79 Å². The zero-order chi connectivity index (χ0) is 16.1. The average molecular weight is 309 g/mol. The molecule has 4 nitrogen and oxygen atoms in total. The number of nitrogens with zero attached hydrogens (tertiary/aromatic N) is 1. The van der Waals surface area contributed by atoms with Gasteiger partial charge in [0.15, 0.2) is 0 Å². The lowest BCUT2D eigenvalue weighted by atomic mass is 10.1. The molecule has 0 saturated carbocycles.